The van der Waals surface area contributed by atoms with Crippen LogP contribution in [0.2, 0.25) is 0 Å². The summed E-state index contributed by atoms with van der Waals surface area (Å²) in [6.07, 6.45) is 2.61. The molecule has 0 saturated carbocycles. The van der Waals surface area contributed by atoms with Crippen LogP contribution in [0.4, 0.5) is 0 Å². The largest absolute Gasteiger partial charge is 0.504 e. The van der Waals surface area contributed by atoms with Crippen LogP contribution >= 0.6 is 0 Å². The van der Waals surface area contributed by atoms with Crippen molar-refractivity contribution in [1.29, 1.82) is 5.26 Å². The van der Waals surface area contributed by atoms with Crippen molar-refractivity contribution in [3.8, 4) is 29.3 Å². The van der Waals surface area contributed by atoms with Crippen LogP contribution in [0, 0.1) is 11.3 Å². The van der Waals surface area contributed by atoms with Crippen molar-refractivity contribution in [2.45, 2.75) is 0 Å². The topological polar surface area (TPSA) is 111 Å². The van der Waals surface area contributed by atoms with Gasteiger partial charge in [0, 0.05) is 5.56 Å². The lowest BCUT2D eigenvalue weighted by molar-refractivity contribution is -0.126. The number of para-hydroxylation sites is 2. The smallest absolute Gasteiger partial charge is 0.229 e. The molecule has 0 aliphatic heterocycles. The first-order valence-corrected chi connectivity index (χ1v) is 8.65. The normalized spacial score (nSPS) is 10.6. The van der Waals surface area contributed by atoms with Gasteiger partial charge < -0.3 is 14.2 Å². The SMILES string of the molecule is CO/C=C(/C(=O)C=O)c1ccccc1Oc1cc(Oc2ccccc2C#N)ncn1. The number of aromatic nitrogens is 2. The number of carbonyl (C=O) groups is 2. The van der Waals surface area contributed by atoms with E-state index >= 15 is 0 Å². The molecule has 30 heavy (non-hydrogen) atoms. The number of aldehydes is 1. The number of ketones is 1. The van der Waals surface area contributed by atoms with Gasteiger partial charge >= 0.3 is 0 Å². The highest BCUT2D eigenvalue weighted by atomic mass is 16.5. The predicted molar refractivity (Wildman–Crippen MR) is 106 cm³/mol. The average molecular weight is 401 g/mol. The van der Waals surface area contributed by atoms with Crippen LogP contribution in [0.5, 0.6) is 23.3 Å². The fourth-order valence-corrected chi connectivity index (χ4v) is 2.52. The van der Waals surface area contributed by atoms with Crippen molar-refractivity contribution < 1.29 is 23.8 Å². The number of nitrogens with zero attached hydrogens (tertiary/aromatic N) is 3. The molecule has 0 aliphatic rings. The molecular formula is C22H15N3O5. The maximum Gasteiger partial charge on any atom is 0.229 e. The molecule has 2 aromatic carbocycles. The van der Waals surface area contributed by atoms with E-state index in [0.717, 1.165) is 0 Å². The summed E-state index contributed by atoms with van der Waals surface area (Å²) in [5.74, 6) is 0.159. The number of benzene rings is 2. The first-order valence-electron chi connectivity index (χ1n) is 8.65. The highest BCUT2D eigenvalue weighted by molar-refractivity contribution is 6.46. The summed E-state index contributed by atoms with van der Waals surface area (Å²) in [4.78, 5) is 31.0. The van der Waals surface area contributed by atoms with E-state index in [2.05, 4.69) is 9.97 Å². The van der Waals surface area contributed by atoms with Crippen molar-refractivity contribution in [2.75, 3.05) is 7.11 Å². The Morgan fingerprint density at radius 2 is 1.63 bits per heavy atom. The fraction of sp³-hybridized carbons (Fsp3) is 0.0455. The number of methoxy groups -OCH3 is 1. The molecule has 0 N–H and O–H groups in total. The van der Waals surface area contributed by atoms with Gasteiger partial charge in [-0.05, 0) is 18.2 Å². The number of Topliss-reactive ketones (excluding diaryl/α,β-unsaturated/α-hetero) is 1. The Bertz CT molecular complexity index is 1150. The maximum absolute atomic E-state index is 12.0. The zero-order valence-electron chi connectivity index (χ0n) is 15.8. The van der Waals surface area contributed by atoms with Crippen LogP contribution in [0.3, 0.4) is 0 Å². The van der Waals surface area contributed by atoms with E-state index in [0.29, 0.717) is 16.9 Å². The van der Waals surface area contributed by atoms with Gasteiger partial charge in [0.15, 0.2) is 6.29 Å². The van der Waals surface area contributed by atoms with Crippen molar-refractivity contribution in [1.82, 2.24) is 9.97 Å². The van der Waals surface area contributed by atoms with E-state index in [4.69, 9.17) is 14.2 Å². The van der Waals surface area contributed by atoms with Gasteiger partial charge in [-0.15, -0.1) is 0 Å². The molecule has 0 saturated heterocycles. The molecule has 0 aliphatic carbocycles. The summed E-state index contributed by atoms with van der Waals surface area (Å²) >= 11 is 0. The van der Waals surface area contributed by atoms with E-state index < -0.39 is 5.78 Å². The van der Waals surface area contributed by atoms with Crippen LogP contribution in [0.1, 0.15) is 11.1 Å². The van der Waals surface area contributed by atoms with E-state index in [-0.39, 0.29) is 29.4 Å². The number of allylic oxidation sites excluding steroid dienone is 1. The van der Waals surface area contributed by atoms with E-state index in [9.17, 15) is 14.9 Å². The second-order valence-corrected chi connectivity index (χ2v) is 5.75. The fourth-order valence-electron chi connectivity index (χ4n) is 2.52. The molecule has 3 rings (SSSR count). The maximum atomic E-state index is 12.0. The zero-order chi connectivity index (χ0) is 21.3. The molecular weight excluding hydrogens is 386 g/mol. The minimum absolute atomic E-state index is 0.0385. The summed E-state index contributed by atoms with van der Waals surface area (Å²) in [6.45, 7) is 0. The van der Waals surface area contributed by atoms with Gasteiger partial charge in [0.2, 0.25) is 17.5 Å². The van der Waals surface area contributed by atoms with Crippen molar-refractivity contribution in [3.05, 3.63) is 78.3 Å². The lowest BCUT2D eigenvalue weighted by Gasteiger charge is -2.12. The van der Waals surface area contributed by atoms with Crippen LogP contribution in [-0.4, -0.2) is 29.1 Å². The van der Waals surface area contributed by atoms with Crippen LogP contribution < -0.4 is 9.47 Å². The predicted octanol–water partition coefficient (Wildman–Crippen LogP) is 3.69. The van der Waals surface area contributed by atoms with Crippen LogP contribution in [0.25, 0.3) is 5.57 Å². The zero-order valence-corrected chi connectivity index (χ0v) is 15.8. The van der Waals surface area contributed by atoms with Crippen molar-refractivity contribution in [2.24, 2.45) is 0 Å². The number of rotatable bonds is 8. The van der Waals surface area contributed by atoms with Gasteiger partial charge in [0.1, 0.15) is 23.9 Å². The third-order valence-corrected chi connectivity index (χ3v) is 3.84. The number of carbonyl (C=O) groups excluding carboxylic acids is 2. The summed E-state index contributed by atoms with van der Waals surface area (Å²) in [5.41, 5.74) is 0.745. The molecule has 0 spiro atoms. The first kappa shape index (κ1) is 20.2. The van der Waals surface area contributed by atoms with Gasteiger partial charge in [-0.2, -0.15) is 5.26 Å². The summed E-state index contributed by atoms with van der Waals surface area (Å²) in [6, 6.07) is 16.8. The molecule has 148 valence electrons. The number of hydrogen-bond donors (Lipinski definition) is 0. The van der Waals surface area contributed by atoms with Gasteiger partial charge in [-0.1, -0.05) is 30.3 Å². The molecule has 0 amide bonds. The number of hydrogen-bond acceptors (Lipinski definition) is 8. The van der Waals surface area contributed by atoms with Gasteiger partial charge in [-0.3, -0.25) is 9.59 Å². The molecule has 1 heterocycles. The summed E-state index contributed by atoms with van der Waals surface area (Å²) in [5, 5.41) is 9.18. The second-order valence-electron chi connectivity index (χ2n) is 5.75. The quantitative estimate of drug-likeness (QED) is 0.243. The van der Waals surface area contributed by atoms with E-state index in [1.807, 2.05) is 6.07 Å². The molecule has 0 unspecified atom stereocenters. The molecule has 0 atom stereocenters. The molecule has 1 aromatic heterocycles. The molecule has 3 aromatic rings. The Balaban J connectivity index is 1.91. The molecule has 8 heteroatoms. The lowest BCUT2D eigenvalue weighted by atomic mass is 10.0. The van der Waals surface area contributed by atoms with Crippen molar-refractivity contribution >= 4 is 17.6 Å². The van der Waals surface area contributed by atoms with Crippen molar-refractivity contribution in [3.63, 3.8) is 0 Å². The highest BCUT2D eigenvalue weighted by Gasteiger charge is 2.17. The second kappa shape index (κ2) is 9.61. The summed E-state index contributed by atoms with van der Waals surface area (Å²) < 4.78 is 16.4. The van der Waals surface area contributed by atoms with E-state index in [1.165, 1.54) is 25.8 Å². The minimum atomic E-state index is -0.757. The molecule has 8 nitrogen and oxygen atoms in total. The average Bonchev–Trinajstić information content (AvgIpc) is 2.78. The van der Waals surface area contributed by atoms with Gasteiger partial charge in [0.05, 0.1) is 30.6 Å². The Morgan fingerprint density at radius 1 is 1.00 bits per heavy atom. The van der Waals surface area contributed by atoms with Gasteiger partial charge in [-0.25, -0.2) is 9.97 Å². The summed E-state index contributed by atoms with van der Waals surface area (Å²) in [7, 11) is 1.37. The lowest BCUT2D eigenvalue weighted by Crippen LogP contribution is -2.05. The minimum Gasteiger partial charge on any atom is -0.504 e. The third kappa shape index (κ3) is 4.66. The Labute approximate surface area is 172 Å². The standard InChI is InChI=1S/C22H15N3O5/c1-28-13-17(18(27)12-26)16-7-3-5-9-20(16)30-22-10-21(24-14-25-22)29-19-8-4-2-6-15(19)11-23/h2-10,12-14H,1H3/b17-13+. The first-order chi connectivity index (χ1) is 14.7. The Kier molecular flexibility index (Phi) is 6.48. The van der Waals surface area contributed by atoms with Crippen LogP contribution in [0.15, 0.2) is 67.2 Å². The highest BCUT2D eigenvalue weighted by Crippen LogP contribution is 2.31. The Hall–Kier alpha value is -4.51. The molecule has 0 bridgehead atoms. The molecule has 0 radical (unpaired) electrons. The Morgan fingerprint density at radius 3 is 2.30 bits per heavy atom. The number of nitriles is 1. The van der Waals surface area contributed by atoms with Crippen LogP contribution in [-0.2, 0) is 14.3 Å². The number of ether oxygens (including phenoxy) is 3. The van der Waals surface area contributed by atoms with E-state index in [1.54, 1.807) is 48.5 Å². The third-order valence-electron chi connectivity index (χ3n) is 3.84. The monoisotopic (exact) mass is 401 g/mol. The molecule has 0 fully saturated rings. The van der Waals surface area contributed by atoms with Gasteiger partial charge in [0.25, 0.3) is 0 Å².